The van der Waals surface area contributed by atoms with E-state index in [0.717, 1.165) is 24.5 Å². The third kappa shape index (κ3) is 7.37. The van der Waals surface area contributed by atoms with Crippen molar-refractivity contribution in [3.8, 4) is 0 Å². The second kappa shape index (κ2) is 7.57. The fraction of sp³-hybridized carbons (Fsp3) is 0.417. The summed E-state index contributed by atoms with van der Waals surface area (Å²) in [6, 6.07) is 3.21. The Labute approximate surface area is 134 Å². The average Bonchev–Trinajstić information content (AvgIpc) is 2.42. The molecule has 1 N–H and O–H groups in total. The standard InChI is InChI=1S/C12H13F3N2O6S/c1-24(21,22)23-6-9-4-10(17(19)20)3-2-8(9)5-11(18)16-7-12(13,14)15/h2-4H,5-7H2,1H3,(H,16,18). The van der Waals surface area contributed by atoms with Crippen LogP contribution in [0.1, 0.15) is 11.1 Å². The SMILES string of the molecule is CS(=O)(=O)OCc1cc([N+](=O)[O-])ccc1CC(=O)NCC(F)(F)F. The highest BCUT2D eigenvalue weighted by Gasteiger charge is 2.27. The zero-order valence-electron chi connectivity index (χ0n) is 12.3. The zero-order chi connectivity index (χ0) is 18.5. The zero-order valence-corrected chi connectivity index (χ0v) is 13.1. The van der Waals surface area contributed by atoms with Gasteiger partial charge in [-0.1, -0.05) is 6.07 Å². The lowest BCUT2D eigenvalue weighted by molar-refractivity contribution is -0.385. The molecule has 0 fully saturated rings. The number of nitrogens with one attached hydrogen (secondary N) is 1. The van der Waals surface area contributed by atoms with E-state index in [1.54, 1.807) is 5.32 Å². The van der Waals surface area contributed by atoms with Gasteiger partial charge in [-0.15, -0.1) is 0 Å². The second-order valence-electron chi connectivity index (χ2n) is 4.75. The number of hydrogen-bond donors (Lipinski definition) is 1. The van der Waals surface area contributed by atoms with Gasteiger partial charge < -0.3 is 5.32 Å². The van der Waals surface area contributed by atoms with E-state index >= 15 is 0 Å². The first-order valence-corrected chi connectivity index (χ1v) is 8.13. The lowest BCUT2D eigenvalue weighted by Crippen LogP contribution is -2.34. The van der Waals surface area contributed by atoms with E-state index in [4.69, 9.17) is 0 Å². The number of carbonyl (C=O) groups excluding carboxylic acids is 1. The number of carbonyl (C=O) groups is 1. The second-order valence-corrected chi connectivity index (χ2v) is 6.39. The van der Waals surface area contributed by atoms with Gasteiger partial charge in [0.2, 0.25) is 5.91 Å². The predicted molar refractivity (Wildman–Crippen MR) is 75.5 cm³/mol. The minimum atomic E-state index is -4.58. The molecule has 0 unspecified atom stereocenters. The molecule has 0 aliphatic heterocycles. The molecule has 0 saturated heterocycles. The van der Waals surface area contributed by atoms with E-state index in [0.29, 0.717) is 0 Å². The molecule has 0 atom stereocenters. The van der Waals surface area contributed by atoms with Crippen molar-refractivity contribution in [1.82, 2.24) is 5.32 Å². The molecule has 12 heteroatoms. The lowest BCUT2D eigenvalue weighted by atomic mass is 10.0. The Balaban J connectivity index is 2.95. The summed E-state index contributed by atoms with van der Waals surface area (Å²) in [4.78, 5) is 21.5. The van der Waals surface area contributed by atoms with Crippen LogP contribution in [0.5, 0.6) is 0 Å². The molecule has 0 spiro atoms. The van der Waals surface area contributed by atoms with E-state index in [1.165, 1.54) is 0 Å². The van der Waals surface area contributed by atoms with Crippen LogP contribution in [-0.2, 0) is 32.1 Å². The fourth-order valence-corrected chi connectivity index (χ4v) is 1.98. The number of nitro groups is 1. The Morgan fingerprint density at radius 1 is 1.33 bits per heavy atom. The van der Waals surface area contributed by atoms with Crippen molar-refractivity contribution < 1.29 is 35.5 Å². The molecule has 0 saturated carbocycles. The van der Waals surface area contributed by atoms with Crippen LogP contribution < -0.4 is 5.32 Å². The molecule has 1 amide bonds. The Kier molecular flexibility index (Phi) is 6.26. The van der Waals surface area contributed by atoms with Crippen LogP contribution >= 0.6 is 0 Å². The van der Waals surface area contributed by atoms with Gasteiger partial charge in [-0.25, -0.2) is 0 Å². The number of amides is 1. The van der Waals surface area contributed by atoms with Gasteiger partial charge in [0.15, 0.2) is 0 Å². The Hall–Kier alpha value is -2.21. The average molecular weight is 370 g/mol. The quantitative estimate of drug-likeness (QED) is 0.439. The first-order chi connectivity index (χ1) is 10.9. The van der Waals surface area contributed by atoms with Crippen LogP contribution in [0, 0.1) is 10.1 Å². The molecule has 8 nitrogen and oxygen atoms in total. The molecule has 0 radical (unpaired) electrons. The van der Waals surface area contributed by atoms with E-state index in [9.17, 15) is 36.5 Å². The number of alkyl halides is 3. The number of nitrogens with zero attached hydrogens (tertiary/aromatic N) is 1. The molecule has 0 heterocycles. The van der Waals surface area contributed by atoms with Crippen molar-refractivity contribution in [2.75, 3.05) is 12.8 Å². The maximum absolute atomic E-state index is 12.1. The third-order valence-electron chi connectivity index (χ3n) is 2.67. The van der Waals surface area contributed by atoms with Crippen molar-refractivity contribution in [1.29, 1.82) is 0 Å². The predicted octanol–water partition coefficient (Wildman–Crippen LogP) is 1.29. The number of non-ortho nitro benzene ring substituents is 1. The highest BCUT2D eigenvalue weighted by molar-refractivity contribution is 7.85. The lowest BCUT2D eigenvalue weighted by Gasteiger charge is -2.11. The molecule has 0 aliphatic carbocycles. The summed E-state index contributed by atoms with van der Waals surface area (Å²) in [6.45, 7) is -2.10. The molecule has 24 heavy (non-hydrogen) atoms. The summed E-state index contributed by atoms with van der Waals surface area (Å²) in [5.41, 5.74) is -0.248. The topological polar surface area (TPSA) is 116 Å². The Morgan fingerprint density at radius 2 is 1.96 bits per heavy atom. The van der Waals surface area contributed by atoms with E-state index in [1.807, 2.05) is 0 Å². The van der Waals surface area contributed by atoms with Gasteiger partial charge in [-0.05, 0) is 11.1 Å². The molecule has 1 rings (SSSR count). The Bertz CT molecular complexity index is 733. The van der Waals surface area contributed by atoms with E-state index in [-0.39, 0.29) is 16.8 Å². The largest absolute Gasteiger partial charge is 0.405 e. The van der Waals surface area contributed by atoms with E-state index < -0.39 is 46.7 Å². The van der Waals surface area contributed by atoms with Gasteiger partial charge in [0.1, 0.15) is 6.54 Å². The van der Waals surface area contributed by atoms with Gasteiger partial charge in [0, 0.05) is 12.1 Å². The number of hydrogen-bond acceptors (Lipinski definition) is 6. The molecule has 0 aromatic heterocycles. The summed E-state index contributed by atoms with van der Waals surface area (Å²) >= 11 is 0. The summed E-state index contributed by atoms with van der Waals surface area (Å²) in [7, 11) is -3.85. The van der Waals surface area contributed by atoms with Crippen LogP contribution in [0.4, 0.5) is 18.9 Å². The van der Waals surface area contributed by atoms with Gasteiger partial charge >= 0.3 is 6.18 Å². The molecular weight excluding hydrogens is 357 g/mol. The number of rotatable bonds is 7. The third-order valence-corrected chi connectivity index (χ3v) is 3.21. The van der Waals surface area contributed by atoms with Crippen LogP contribution in [0.25, 0.3) is 0 Å². The van der Waals surface area contributed by atoms with Gasteiger partial charge in [-0.2, -0.15) is 21.6 Å². The number of benzene rings is 1. The smallest absolute Gasteiger partial charge is 0.347 e. The monoisotopic (exact) mass is 370 g/mol. The minimum Gasteiger partial charge on any atom is -0.347 e. The maximum atomic E-state index is 12.1. The molecule has 0 aliphatic rings. The first kappa shape index (κ1) is 19.8. The highest BCUT2D eigenvalue weighted by Crippen LogP contribution is 2.20. The molecule has 1 aromatic carbocycles. The molecule has 1 aromatic rings. The minimum absolute atomic E-state index is 0.0109. The molecule has 0 bridgehead atoms. The summed E-state index contributed by atoms with van der Waals surface area (Å²) in [5.74, 6) is -0.971. The van der Waals surface area contributed by atoms with Crippen molar-refractivity contribution in [2.24, 2.45) is 0 Å². The van der Waals surface area contributed by atoms with Gasteiger partial charge in [0.25, 0.3) is 15.8 Å². The normalized spacial score (nSPS) is 12.0. The maximum Gasteiger partial charge on any atom is 0.405 e. The van der Waals surface area contributed by atoms with E-state index in [2.05, 4.69) is 4.18 Å². The van der Waals surface area contributed by atoms with Crippen LogP contribution in [-0.4, -0.2) is 38.2 Å². The summed E-state index contributed by atoms with van der Waals surface area (Å²) in [5, 5.41) is 12.4. The van der Waals surface area contributed by atoms with Gasteiger partial charge in [0.05, 0.1) is 24.2 Å². The van der Waals surface area contributed by atoms with Gasteiger partial charge in [-0.3, -0.25) is 19.1 Å². The van der Waals surface area contributed by atoms with Crippen LogP contribution in [0.3, 0.4) is 0 Å². The highest BCUT2D eigenvalue weighted by atomic mass is 32.2. The van der Waals surface area contributed by atoms with Crippen molar-refractivity contribution in [2.45, 2.75) is 19.2 Å². The van der Waals surface area contributed by atoms with Crippen molar-refractivity contribution in [3.05, 3.63) is 39.4 Å². The Morgan fingerprint density at radius 3 is 2.46 bits per heavy atom. The van der Waals surface area contributed by atoms with Crippen LogP contribution in [0.2, 0.25) is 0 Å². The van der Waals surface area contributed by atoms with Crippen molar-refractivity contribution in [3.63, 3.8) is 0 Å². The number of nitro benzene ring substituents is 1. The molecule has 134 valence electrons. The summed E-state index contributed by atoms with van der Waals surface area (Å²) < 4.78 is 62.7. The fourth-order valence-electron chi connectivity index (χ4n) is 1.64. The van der Waals surface area contributed by atoms with Crippen LogP contribution in [0.15, 0.2) is 18.2 Å². The summed E-state index contributed by atoms with van der Waals surface area (Å²) in [6.07, 6.45) is -4.33. The number of halogens is 3. The first-order valence-electron chi connectivity index (χ1n) is 6.31. The molecular formula is C12H13F3N2O6S. The van der Waals surface area contributed by atoms with Crippen molar-refractivity contribution >= 4 is 21.7 Å².